The molecule has 2 heteroatoms. The van der Waals surface area contributed by atoms with Crippen molar-refractivity contribution < 1.29 is 4.42 Å². The molecular formula is C15H25NO. The zero-order chi connectivity index (χ0) is 12.3. The van der Waals surface area contributed by atoms with Crippen LogP contribution in [0.1, 0.15) is 68.1 Å². The van der Waals surface area contributed by atoms with Crippen LogP contribution in [0, 0.1) is 19.8 Å². The highest BCUT2D eigenvalue weighted by molar-refractivity contribution is 5.23. The molecule has 1 aliphatic carbocycles. The molecule has 0 radical (unpaired) electrons. The van der Waals surface area contributed by atoms with E-state index < -0.39 is 0 Å². The van der Waals surface area contributed by atoms with Crippen molar-refractivity contribution in [3.8, 4) is 0 Å². The molecule has 1 aromatic rings. The Hall–Kier alpha value is -0.760. The maximum Gasteiger partial charge on any atom is 0.105 e. The molecule has 0 amide bonds. The van der Waals surface area contributed by atoms with Gasteiger partial charge in [-0.2, -0.15) is 0 Å². The minimum Gasteiger partial charge on any atom is -0.466 e. The number of hydrogen-bond donors (Lipinski definition) is 1. The van der Waals surface area contributed by atoms with Crippen LogP contribution in [0.25, 0.3) is 0 Å². The molecule has 2 nitrogen and oxygen atoms in total. The largest absolute Gasteiger partial charge is 0.466 e. The van der Waals surface area contributed by atoms with Crippen LogP contribution in [0.3, 0.4) is 0 Å². The van der Waals surface area contributed by atoms with Crippen molar-refractivity contribution in [2.24, 2.45) is 11.7 Å². The smallest absolute Gasteiger partial charge is 0.105 e. The van der Waals surface area contributed by atoms with E-state index in [1.165, 1.54) is 44.1 Å². The van der Waals surface area contributed by atoms with Gasteiger partial charge >= 0.3 is 0 Å². The molecule has 1 atom stereocenters. The molecule has 1 heterocycles. The standard InChI is InChI=1S/C15H25NO/c1-11-9-14(12(2)17-11)15(16)10-13-7-5-3-4-6-8-13/h9,13,15H,3-8,10,16H2,1-2H3. The monoisotopic (exact) mass is 235 g/mol. The molecule has 1 fully saturated rings. The molecule has 1 aromatic heterocycles. The Bertz CT molecular complexity index is 348. The first-order valence-corrected chi connectivity index (χ1v) is 6.99. The van der Waals surface area contributed by atoms with Gasteiger partial charge in [0.15, 0.2) is 0 Å². The van der Waals surface area contributed by atoms with Crippen molar-refractivity contribution in [1.29, 1.82) is 0 Å². The van der Waals surface area contributed by atoms with E-state index in [1.807, 2.05) is 13.8 Å². The van der Waals surface area contributed by atoms with E-state index in [-0.39, 0.29) is 6.04 Å². The molecule has 17 heavy (non-hydrogen) atoms. The van der Waals surface area contributed by atoms with Crippen LogP contribution in [0.2, 0.25) is 0 Å². The van der Waals surface area contributed by atoms with Gasteiger partial charge in [-0.05, 0) is 32.3 Å². The Labute approximate surface area is 105 Å². The van der Waals surface area contributed by atoms with Crippen LogP contribution in [-0.2, 0) is 0 Å². The first-order chi connectivity index (χ1) is 8.16. The molecule has 1 aliphatic rings. The summed E-state index contributed by atoms with van der Waals surface area (Å²) in [6.07, 6.45) is 9.46. The van der Waals surface area contributed by atoms with Gasteiger partial charge in [0.05, 0.1) is 0 Å². The molecule has 2 N–H and O–H groups in total. The number of rotatable bonds is 3. The van der Waals surface area contributed by atoms with Gasteiger partial charge in [0, 0.05) is 11.6 Å². The van der Waals surface area contributed by atoms with Gasteiger partial charge in [-0.1, -0.05) is 38.5 Å². The lowest BCUT2D eigenvalue weighted by Gasteiger charge is -2.18. The fourth-order valence-electron chi connectivity index (χ4n) is 3.10. The fourth-order valence-corrected chi connectivity index (χ4v) is 3.10. The summed E-state index contributed by atoms with van der Waals surface area (Å²) in [4.78, 5) is 0. The number of nitrogens with two attached hydrogens (primary N) is 1. The van der Waals surface area contributed by atoms with Gasteiger partial charge in [0.25, 0.3) is 0 Å². The van der Waals surface area contributed by atoms with Gasteiger partial charge in [-0.3, -0.25) is 0 Å². The average Bonchev–Trinajstić information content (AvgIpc) is 2.51. The van der Waals surface area contributed by atoms with E-state index in [2.05, 4.69) is 6.07 Å². The van der Waals surface area contributed by atoms with Crippen LogP contribution < -0.4 is 5.73 Å². The minimum absolute atomic E-state index is 0.163. The van der Waals surface area contributed by atoms with Crippen molar-refractivity contribution in [3.05, 3.63) is 23.2 Å². The normalized spacial score (nSPS) is 20.2. The van der Waals surface area contributed by atoms with Gasteiger partial charge in [-0.15, -0.1) is 0 Å². The maximum atomic E-state index is 6.33. The molecule has 0 aliphatic heterocycles. The van der Waals surface area contributed by atoms with Crippen molar-refractivity contribution >= 4 is 0 Å². The second-order valence-corrected chi connectivity index (χ2v) is 5.57. The van der Waals surface area contributed by atoms with Crippen molar-refractivity contribution in [1.82, 2.24) is 0 Å². The molecule has 0 spiro atoms. The number of furan rings is 1. The highest BCUT2D eigenvalue weighted by Crippen LogP contribution is 2.31. The Kier molecular flexibility index (Phi) is 4.27. The summed E-state index contributed by atoms with van der Waals surface area (Å²) in [6, 6.07) is 2.27. The molecule has 96 valence electrons. The Morgan fingerprint density at radius 2 is 1.88 bits per heavy atom. The lowest BCUT2D eigenvalue weighted by atomic mass is 9.90. The Morgan fingerprint density at radius 1 is 1.24 bits per heavy atom. The SMILES string of the molecule is Cc1cc(C(N)CC2CCCCCC2)c(C)o1. The van der Waals surface area contributed by atoms with Gasteiger partial charge in [-0.25, -0.2) is 0 Å². The van der Waals surface area contributed by atoms with E-state index >= 15 is 0 Å². The van der Waals surface area contributed by atoms with Crippen molar-refractivity contribution in [3.63, 3.8) is 0 Å². The summed E-state index contributed by atoms with van der Waals surface area (Å²) in [7, 11) is 0. The summed E-state index contributed by atoms with van der Waals surface area (Å²) in [5.41, 5.74) is 7.55. The summed E-state index contributed by atoms with van der Waals surface area (Å²) < 4.78 is 5.57. The van der Waals surface area contributed by atoms with Gasteiger partial charge < -0.3 is 10.2 Å². The summed E-state index contributed by atoms with van der Waals surface area (Å²) in [5, 5.41) is 0. The Balaban J connectivity index is 1.95. The van der Waals surface area contributed by atoms with E-state index in [0.29, 0.717) is 0 Å². The molecule has 2 rings (SSSR count). The molecule has 1 saturated carbocycles. The first-order valence-electron chi connectivity index (χ1n) is 6.99. The molecule has 0 aromatic carbocycles. The summed E-state index contributed by atoms with van der Waals surface area (Å²) in [6.45, 7) is 4.02. The second-order valence-electron chi connectivity index (χ2n) is 5.57. The van der Waals surface area contributed by atoms with Crippen LogP contribution in [0.15, 0.2) is 10.5 Å². The highest BCUT2D eigenvalue weighted by Gasteiger charge is 2.19. The van der Waals surface area contributed by atoms with Crippen LogP contribution in [-0.4, -0.2) is 0 Å². The van der Waals surface area contributed by atoms with E-state index in [1.54, 1.807) is 0 Å². The summed E-state index contributed by atoms with van der Waals surface area (Å²) >= 11 is 0. The third kappa shape index (κ3) is 3.35. The predicted molar refractivity (Wildman–Crippen MR) is 70.9 cm³/mol. The van der Waals surface area contributed by atoms with Crippen LogP contribution >= 0.6 is 0 Å². The first kappa shape index (κ1) is 12.7. The summed E-state index contributed by atoms with van der Waals surface area (Å²) in [5.74, 6) is 2.81. The third-order valence-electron chi connectivity index (χ3n) is 4.04. The topological polar surface area (TPSA) is 39.2 Å². The quantitative estimate of drug-likeness (QED) is 0.795. The molecule has 0 saturated heterocycles. The van der Waals surface area contributed by atoms with Crippen molar-refractivity contribution in [2.45, 2.75) is 64.8 Å². The fraction of sp³-hybridized carbons (Fsp3) is 0.733. The van der Waals surface area contributed by atoms with Crippen LogP contribution in [0.4, 0.5) is 0 Å². The molecule has 0 bridgehead atoms. The lowest BCUT2D eigenvalue weighted by molar-refractivity contribution is 0.389. The maximum absolute atomic E-state index is 6.33. The molecular weight excluding hydrogens is 210 g/mol. The minimum atomic E-state index is 0.163. The van der Waals surface area contributed by atoms with E-state index in [4.69, 9.17) is 10.2 Å². The lowest BCUT2D eigenvalue weighted by Crippen LogP contribution is -2.15. The van der Waals surface area contributed by atoms with Gasteiger partial charge in [0.2, 0.25) is 0 Å². The highest BCUT2D eigenvalue weighted by atomic mass is 16.3. The second kappa shape index (κ2) is 5.72. The average molecular weight is 235 g/mol. The van der Waals surface area contributed by atoms with Gasteiger partial charge in [0.1, 0.15) is 11.5 Å². The van der Waals surface area contributed by atoms with E-state index in [9.17, 15) is 0 Å². The van der Waals surface area contributed by atoms with E-state index in [0.717, 1.165) is 23.9 Å². The van der Waals surface area contributed by atoms with Crippen molar-refractivity contribution in [2.75, 3.05) is 0 Å². The zero-order valence-electron chi connectivity index (χ0n) is 11.2. The Morgan fingerprint density at radius 3 is 2.41 bits per heavy atom. The number of hydrogen-bond acceptors (Lipinski definition) is 2. The third-order valence-corrected chi connectivity index (χ3v) is 4.04. The molecule has 1 unspecified atom stereocenters. The zero-order valence-corrected chi connectivity index (χ0v) is 11.2. The van der Waals surface area contributed by atoms with Crippen LogP contribution in [0.5, 0.6) is 0 Å². The predicted octanol–water partition coefficient (Wildman–Crippen LogP) is 4.26. The number of aryl methyl sites for hydroxylation is 2.